The number of hydrogen-bond acceptors (Lipinski definition) is 4. The molecule has 1 aliphatic carbocycles. The lowest BCUT2D eigenvalue weighted by molar-refractivity contribution is -0.126. The topological polar surface area (TPSA) is 92.5 Å². The number of rotatable bonds is 5. The van der Waals surface area contributed by atoms with Crippen molar-refractivity contribution in [1.82, 2.24) is 9.62 Å². The number of nitrogens with zero attached hydrogens (tertiary/aromatic N) is 1. The van der Waals surface area contributed by atoms with Gasteiger partial charge in [0.05, 0.1) is 11.2 Å². The van der Waals surface area contributed by atoms with Gasteiger partial charge in [0.2, 0.25) is 15.9 Å². The molecule has 1 heterocycles. The van der Waals surface area contributed by atoms with E-state index in [1.165, 1.54) is 0 Å². The van der Waals surface area contributed by atoms with Crippen LogP contribution in [0.3, 0.4) is 0 Å². The Morgan fingerprint density at radius 2 is 1.90 bits per heavy atom. The van der Waals surface area contributed by atoms with E-state index in [2.05, 4.69) is 5.32 Å². The van der Waals surface area contributed by atoms with E-state index in [1.807, 2.05) is 0 Å². The molecule has 0 spiro atoms. The van der Waals surface area contributed by atoms with Crippen LogP contribution in [-0.2, 0) is 14.8 Å². The number of piperidine rings is 1. The molecule has 1 amide bonds. The van der Waals surface area contributed by atoms with Crippen LogP contribution < -0.4 is 11.1 Å². The second-order valence-electron chi connectivity index (χ2n) is 5.73. The van der Waals surface area contributed by atoms with E-state index >= 15 is 0 Å². The average Bonchev–Trinajstić information content (AvgIpc) is 2.99. The number of amides is 1. The number of nitrogens with two attached hydrogens (primary N) is 1. The van der Waals surface area contributed by atoms with E-state index in [0.29, 0.717) is 26.2 Å². The molecule has 2 aliphatic rings. The highest BCUT2D eigenvalue weighted by Gasteiger charge is 2.38. The molecular weight excluding hydrogens is 278 g/mol. The first kappa shape index (κ1) is 15.7. The summed E-state index contributed by atoms with van der Waals surface area (Å²) in [6, 6.07) is 0. The van der Waals surface area contributed by atoms with Crippen LogP contribution in [-0.4, -0.2) is 50.1 Å². The molecule has 6 nitrogen and oxygen atoms in total. The minimum atomic E-state index is -3.22. The summed E-state index contributed by atoms with van der Waals surface area (Å²) in [5, 5.41) is 2.53. The summed E-state index contributed by atoms with van der Waals surface area (Å²) < 4.78 is 26.6. The fourth-order valence-corrected chi connectivity index (χ4v) is 5.25. The highest BCUT2D eigenvalue weighted by molar-refractivity contribution is 7.89. The number of carbonyl (C=O) groups excluding carboxylic acids is 1. The molecule has 0 aromatic heterocycles. The van der Waals surface area contributed by atoms with Crippen molar-refractivity contribution in [3.05, 3.63) is 0 Å². The van der Waals surface area contributed by atoms with Gasteiger partial charge in [-0.3, -0.25) is 4.79 Å². The van der Waals surface area contributed by atoms with Gasteiger partial charge in [-0.2, -0.15) is 0 Å². The summed E-state index contributed by atoms with van der Waals surface area (Å²) in [5.74, 6) is -0.298. The molecular formula is C13H25N3O3S. The summed E-state index contributed by atoms with van der Waals surface area (Å²) in [5.41, 5.74) is 5.36. The monoisotopic (exact) mass is 303 g/mol. The maximum atomic E-state index is 12.5. The molecule has 116 valence electrons. The normalized spacial score (nSPS) is 25.8. The molecule has 1 saturated carbocycles. The molecule has 1 aliphatic heterocycles. The second kappa shape index (κ2) is 6.87. The molecule has 1 atom stereocenters. The Morgan fingerprint density at radius 3 is 2.55 bits per heavy atom. The van der Waals surface area contributed by atoms with Crippen LogP contribution in [0, 0.1) is 5.92 Å². The van der Waals surface area contributed by atoms with Crippen molar-refractivity contribution in [1.29, 1.82) is 0 Å². The zero-order valence-corrected chi connectivity index (χ0v) is 12.7. The van der Waals surface area contributed by atoms with Crippen molar-refractivity contribution in [2.75, 3.05) is 26.2 Å². The number of nitrogens with one attached hydrogen (secondary N) is 1. The molecule has 0 aromatic rings. The van der Waals surface area contributed by atoms with Crippen LogP contribution in [0.4, 0.5) is 0 Å². The van der Waals surface area contributed by atoms with Gasteiger partial charge in [0, 0.05) is 26.2 Å². The Kier molecular flexibility index (Phi) is 5.40. The van der Waals surface area contributed by atoms with E-state index < -0.39 is 10.0 Å². The molecule has 2 rings (SSSR count). The van der Waals surface area contributed by atoms with E-state index in [9.17, 15) is 13.2 Å². The minimum Gasteiger partial charge on any atom is -0.355 e. The Labute approximate surface area is 121 Å². The molecule has 0 aromatic carbocycles. The first-order chi connectivity index (χ1) is 9.55. The number of carbonyl (C=O) groups is 1. The van der Waals surface area contributed by atoms with E-state index in [-0.39, 0.29) is 17.1 Å². The van der Waals surface area contributed by atoms with Crippen molar-refractivity contribution in [2.24, 2.45) is 11.7 Å². The van der Waals surface area contributed by atoms with E-state index in [1.54, 1.807) is 4.31 Å². The van der Waals surface area contributed by atoms with Gasteiger partial charge in [-0.15, -0.1) is 0 Å². The Morgan fingerprint density at radius 1 is 1.20 bits per heavy atom. The van der Waals surface area contributed by atoms with Crippen LogP contribution in [0.1, 0.15) is 38.5 Å². The summed E-state index contributed by atoms with van der Waals surface area (Å²) in [6.45, 7) is 1.74. The maximum Gasteiger partial charge on any atom is 0.224 e. The lowest BCUT2D eigenvalue weighted by Gasteiger charge is -2.33. The highest BCUT2D eigenvalue weighted by atomic mass is 32.2. The Balaban J connectivity index is 1.97. The van der Waals surface area contributed by atoms with Crippen molar-refractivity contribution < 1.29 is 13.2 Å². The molecule has 3 N–H and O–H groups in total. The van der Waals surface area contributed by atoms with E-state index in [4.69, 9.17) is 5.73 Å². The second-order valence-corrected chi connectivity index (χ2v) is 7.94. The van der Waals surface area contributed by atoms with Crippen LogP contribution in [0.25, 0.3) is 0 Å². The van der Waals surface area contributed by atoms with E-state index in [0.717, 1.165) is 38.5 Å². The average molecular weight is 303 g/mol. The molecule has 0 radical (unpaired) electrons. The first-order valence-electron chi connectivity index (χ1n) is 7.52. The number of sulfonamides is 1. The van der Waals surface area contributed by atoms with Crippen molar-refractivity contribution >= 4 is 15.9 Å². The lowest BCUT2D eigenvalue weighted by Crippen LogP contribution is -2.48. The molecule has 1 saturated heterocycles. The van der Waals surface area contributed by atoms with Gasteiger partial charge in [0.25, 0.3) is 0 Å². The van der Waals surface area contributed by atoms with Crippen molar-refractivity contribution in [3.63, 3.8) is 0 Å². The minimum absolute atomic E-state index is 0.0678. The van der Waals surface area contributed by atoms with Crippen molar-refractivity contribution in [3.8, 4) is 0 Å². The quantitative estimate of drug-likeness (QED) is 0.750. The Bertz CT molecular complexity index is 432. The molecule has 7 heteroatoms. The number of hydrogen-bond donors (Lipinski definition) is 2. The molecule has 2 fully saturated rings. The fourth-order valence-electron chi connectivity index (χ4n) is 3.12. The molecule has 0 bridgehead atoms. The smallest absolute Gasteiger partial charge is 0.224 e. The third-order valence-electron chi connectivity index (χ3n) is 4.28. The highest BCUT2D eigenvalue weighted by Crippen LogP contribution is 2.29. The summed E-state index contributed by atoms with van der Waals surface area (Å²) in [4.78, 5) is 12.0. The summed E-state index contributed by atoms with van der Waals surface area (Å²) in [6.07, 6.45) is 5.04. The summed E-state index contributed by atoms with van der Waals surface area (Å²) in [7, 11) is -3.22. The van der Waals surface area contributed by atoms with Gasteiger partial charge in [-0.25, -0.2) is 12.7 Å². The van der Waals surface area contributed by atoms with Crippen molar-refractivity contribution in [2.45, 2.75) is 43.8 Å². The van der Waals surface area contributed by atoms with Crippen LogP contribution in [0.15, 0.2) is 0 Å². The standard InChI is InChI=1S/C13H25N3O3S/c14-7-8-15-13(17)11-4-3-9-16(10-11)20(18,19)12-5-1-2-6-12/h11-12H,1-10,14H2,(H,15,17). The third kappa shape index (κ3) is 3.51. The zero-order valence-electron chi connectivity index (χ0n) is 11.9. The van der Waals surface area contributed by atoms with Crippen LogP contribution in [0.5, 0.6) is 0 Å². The van der Waals surface area contributed by atoms with Gasteiger partial charge in [0.1, 0.15) is 0 Å². The largest absolute Gasteiger partial charge is 0.355 e. The molecule has 20 heavy (non-hydrogen) atoms. The first-order valence-corrected chi connectivity index (χ1v) is 9.02. The predicted molar refractivity (Wildman–Crippen MR) is 77.5 cm³/mol. The fraction of sp³-hybridized carbons (Fsp3) is 0.923. The van der Waals surface area contributed by atoms with Crippen LogP contribution in [0.2, 0.25) is 0 Å². The lowest BCUT2D eigenvalue weighted by atomic mass is 9.99. The predicted octanol–water partition coefficient (Wildman–Crippen LogP) is 0.0457. The van der Waals surface area contributed by atoms with Gasteiger partial charge in [-0.05, 0) is 25.7 Å². The third-order valence-corrected chi connectivity index (χ3v) is 6.65. The van der Waals surface area contributed by atoms with Gasteiger partial charge < -0.3 is 11.1 Å². The zero-order chi connectivity index (χ0) is 14.6. The summed E-state index contributed by atoms with van der Waals surface area (Å²) >= 11 is 0. The van der Waals surface area contributed by atoms with Gasteiger partial charge >= 0.3 is 0 Å². The van der Waals surface area contributed by atoms with Gasteiger partial charge in [0.15, 0.2) is 0 Å². The van der Waals surface area contributed by atoms with Gasteiger partial charge in [-0.1, -0.05) is 12.8 Å². The maximum absolute atomic E-state index is 12.5. The SMILES string of the molecule is NCCNC(=O)C1CCCN(S(=O)(=O)C2CCCC2)C1. The molecule has 1 unspecified atom stereocenters. The Hall–Kier alpha value is -0.660. The van der Waals surface area contributed by atoms with Crippen LogP contribution >= 0.6 is 0 Å².